The average Bonchev–Trinajstić information content (AvgIpc) is 2.41. The molecule has 0 radical (unpaired) electrons. The van der Waals surface area contributed by atoms with Gasteiger partial charge in [0.05, 0.1) is 5.69 Å². The summed E-state index contributed by atoms with van der Waals surface area (Å²) in [4.78, 5) is 17.3. The zero-order valence-electron chi connectivity index (χ0n) is 11.4. The Bertz CT molecular complexity index is 639. The van der Waals surface area contributed by atoms with Crippen molar-refractivity contribution in [2.24, 2.45) is 5.73 Å². The number of carbonyl (C=O) groups excluding carboxylic acids is 1. The molecule has 0 atom stereocenters. The second kappa shape index (κ2) is 5.48. The summed E-state index contributed by atoms with van der Waals surface area (Å²) < 4.78 is 0. The lowest BCUT2D eigenvalue weighted by Crippen LogP contribution is -2.14. The predicted octanol–water partition coefficient (Wildman–Crippen LogP) is 1.57. The summed E-state index contributed by atoms with van der Waals surface area (Å²) >= 11 is 0. The largest absolute Gasteiger partial charge is 0.396 e. The van der Waals surface area contributed by atoms with Crippen molar-refractivity contribution >= 4 is 28.8 Å². The molecule has 2 aromatic rings. The van der Waals surface area contributed by atoms with Crippen LogP contribution in [0.2, 0.25) is 0 Å². The van der Waals surface area contributed by atoms with Crippen LogP contribution in [0.4, 0.5) is 22.9 Å². The predicted molar refractivity (Wildman–Crippen MR) is 81.2 cm³/mol. The number of aromatic nitrogens is 1. The van der Waals surface area contributed by atoms with Crippen LogP contribution < -0.4 is 21.7 Å². The van der Waals surface area contributed by atoms with Gasteiger partial charge in [-0.15, -0.1) is 0 Å². The van der Waals surface area contributed by atoms with Gasteiger partial charge in [0.1, 0.15) is 5.69 Å². The van der Waals surface area contributed by atoms with Crippen LogP contribution in [0.5, 0.6) is 0 Å². The zero-order valence-corrected chi connectivity index (χ0v) is 11.4. The number of nitrogen functional groups attached to an aromatic ring is 1. The molecule has 5 N–H and O–H groups in total. The topological polar surface area (TPSA) is 97.3 Å². The number of amides is 1. The second-order valence-electron chi connectivity index (χ2n) is 4.57. The number of nitrogens with zero attached hydrogens (tertiary/aromatic N) is 2. The summed E-state index contributed by atoms with van der Waals surface area (Å²) in [7, 11) is 3.92. The number of rotatable bonds is 4. The summed E-state index contributed by atoms with van der Waals surface area (Å²) in [5, 5.41) is 3.09. The van der Waals surface area contributed by atoms with Crippen LogP contribution in [0, 0.1) is 0 Å². The number of nitrogens with two attached hydrogens (primary N) is 2. The van der Waals surface area contributed by atoms with Crippen LogP contribution in [0.25, 0.3) is 0 Å². The fraction of sp³-hybridized carbons (Fsp3) is 0.143. The SMILES string of the molecule is CN(C)c1cccc(Nc2nc(C(N)=O)ccc2N)c1. The number of pyridine rings is 1. The Kier molecular flexibility index (Phi) is 3.74. The third-order valence-corrected chi connectivity index (χ3v) is 2.80. The number of anilines is 4. The van der Waals surface area contributed by atoms with Crippen LogP contribution >= 0.6 is 0 Å². The van der Waals surface area contributed by atoms with Gasteiger partial charge in [0.2, 0.25) is 0 Å². The number of hydrogen-bond donors (Lipinski definition) is 3. The quantitative estimate of drug-likeness (QED) is 0.784. The van der Waals surface area contributed by atoms with Crippen molar-refractivity contribution in [1.29, 1.82) is 0 Å². The molecular formula is C14H17N5O. The van der Waals surface area contributed by atoms with Crippen LogP contribution in [-0.4, -0.2) is 25.0 Å². The minimum atomic E-state index is -0.588. The highest BCUT2D eigenvalue weighted by molar-refractivity contribution is 5.92. The lowest BCUT2D eigenvalue weighted by atomic mass is 10.2. The molecular weight excluding hydrogens is 254 g/mol. The summed E-state index contributed by atoms with van der Waals surface area (Å²) in [6.45, 7) is 0. The van der Waals surface area contributed by atoms with E-state index in [0.717, 1.165) is 11.4 Å². The molecule has 1 aromatic carbocycles. The highest BCUT2D eigenvalue weighted by atomic mass is 16.1. The molecule has 104 valence electrons. The van der Waals surface area contributed by atoms with Crippen molar-refractivity contribution in [3.8, 4) is 0 Å². The Morgan fingerprint density at radius 2 is 2.00 bits per heavy atom. The summed E-state index contributed by atoms with van der Waals surface area (Å²) in [5.74, 6) is -0.174. The van der Waals surface area contributed by atoms with Gasteiger partial charge in [-0.2, -0.15) is 0 Å². The average molecular weight is 271 g/mol. The molecule has 0 spiro atoms. The number of benzene rings is 1. The van der Waals surface area contributed by atoms with Crippen LogP contribution in [0.3, 0.4) is 0 Å². The van der Waals surface area contributed by atoms with Crippen molar-refractivity contribution in [2.45, 2.75) is 0 Å². The van der Waals surface area contributed by atoms with Gasteiger partial charge in [-0.3, -0.25) is 4.79 Å². The summed E-state index contributed by atoms with van der Waals surface area (Å²) in [5.41, 5.74) is 13.6. The van der Waals surface area contributed by atoms with Gasteiger partial charge in [-0.05, 0) is 30.3 Å². The van der Waals surface area contributed by atoms with E-state index < -0.39 is 5.91 Å². The molecule has 6 heteroatoms. The lowest BCUT2D eigenvalue weighted by Gasteiger charge is -2.15. The van der Waals surface area contributed by atoms with Crippen molar-refractivity contribution < 1.29 is 4.79 Å². The van der Waals surface area contributed by atoms with Gasteiger partial charge in [0.25, 0.3) is 5.91 Å². The van der Waals surface area contributed by atoms with Crippen LogP contribution in [-0.2, 0) is 0 Å². The first kappa shape index (κ1) is 13.7. The zero-order chi connectivity index (χ0) is 14.7. The summed E-state index contributed by atoms with van der Waals surface area (Å²) in [6.07, 6.45) is 0. The van der Waals surface area contributed by atoms with E-state index in [9.17, 15) is 4.79 Å². The Morgan fingerprint density at radius 3 is 2.65 bits per heavy atom. The second-order valence-corrected chi connectivity index (χ2v) is 4.57. The molecule has 20 heavy (non-hydrogen) atoms. The molecule has 0 aliphatic rings. The number of primary amides is 1. The maximum absolute atomic E-state index is 11.1. The lowest BCUT2D eigenvalue weighted by molar-refractivity contribution is 0.0996. The Balaban J connectivity index is 2.32. The fourth-order valence-electron chi connectivity index (χ4n) is 1.71. The molecule has 0 saturated heterocycles. The van der Waals surface area contributed by atoms with Gasteiger partial charge >= 0.3 is 0 Å². The van der Waals surface area contributed by atoms with Gasteiger partial charge in [0.15, 0.2) is 5.82 Å². The molecule has 0 bridgehead atoms. The maximum Gasteiger partial charge on any atom is 0.267 e. The Labute approximate surface area is 117 Å². The Morgan fingerprint density at radius 1 is 1.25 bits per heavy atom. The normalized spacial score (nSPS) is 10.1. The van der Waals surface area contributed by atoms with Crippen molar-refractivity contribution in [2.75, 3.05) is 30.0 Å². The van der Waals surface area contributed by atoms with Gasteiger partial charge in [0, 0.05) is 25.5 Å². The highest BCUT2D eigenvalue weighted by Gasteiger charge is 2.08. The van der Waals surface area contributed by atoms with Crippen molar-refractivity contribution in [1.82, 2.24) is 4.98 Å². The third kappa shape index (κ3) is 2.97. The van der Waals surface area contributed by atoms with Crippen molar-refractivity contribution in [3.05, 3.63) is 42.1 Å². The third-order valence-electron chi connectivity index (χ3n) is 2.80. The molecule has 1 amide bonds. The molecule has 2 rings (SSSR count). The monoisotopic (exact) mass is 271 g/mol. The molecule has 0 fully saturated rings. The highest BCUT2D eigenvalue weighted by Crippen LogP contribution is 2.24. The van der Waals surface area contributed by atoms with E-state index in [1.165, 1.54) is 6.07 Å². The van der Waals surface area contributed by atoms with E-state index in [4.69, 9.17) is 11.5 Å². The van der Waals surface area contributed by atoms with E-state index in [2.05, 4.69) is 10.3 Å². The van der Waals surface area contributed by atoms with Gasteiger partial charge in [-0.1, -0.05) is 6.07 Å². The summed E-state index contributed by atoms with van der Waals surface area (Å²) in [6, 6.07) is 10.9. The minimum Gasteiger partial charge on any atom is -0.396 e. The van der Waals surface area contributed by atoms with E-state index in [-0.39, 0.29) is 5.69 Å². The molecule has 1 heterocycles. The first-order valence-electron chi connectivity index (χ1n) is 6.08. The van der Waals surface area contributed by atoms with Crippen LogP contribution in [0.1, 0.15) is 10.5 Å². The first-order chi connectivity index (χ1) is 9.47. The molecule has 6 nitrogen and oxygen atoms in total. The van der Waals surface area contributed by atoms with E-state index in [1.807, 2.05) is 43.3 Å². The standard InChI is InChI=1S/C14H17N5O/c1-19(2)10-5-3-4-9(8-10)17-14-11(15)6-7-12(18-14)13(16)20/h3-8H,15H2,1-2H3,(H2,16,20)(H,17,18). The number of nitrogens with one attached hydrogen (secondary N) is 1. The molecule has 0 saturated carbocycles. The molecule has 0 aliphatic carbocycles. The fourth-order valence-corrected chi connectivity index (χ4v) is 1.71. The minimum absolute atomic E-state index is 0.172. The van der Waals surface area contributed by atoms with Crippen molar-refractivity contribution in [3.63, 3.8) is 0 Å². The molecule has 0 aliphatic heterocycles. The van der Waals surface area contributed by atoms with Gasteiger partial charge in [-0.25, -0.2) is 4.98 Å². The smallest absolute Gasteiger partial charge is 0.267 e. The Hall–Kier alpha value is -2.76. The van der Waals surface area contributed by atoms with E-state index in [1.54, 1.807) is 6.07 Å². The van der Waals surface area contributed by atoms with E-state index in [0.29, 0.717) is 11.5 Å². The number of carbonyl (C=O) groups is 1. The molecule has 0 unspecified atom stereocenters. The van der Waals surface area contributed by atoms with Gasteiger partial charge < -0.3 is 21.7 Å². The number of hydrogen-bond acceptors (Lipinski definition) is 5. The first-order valence-corrected chi connectivity index (χ1v) is 6.08. The molecule has 1 aromatic heterocycles. The maximum atomic E-state index is 11.1. The van der Waals surface area contributed by atoms with E-state index >= 15 is 0 Å². The van der Waals surface area contributed by atoms with Crippen LogP contribution in [0.15, 0.2) is 36.4 Å².